The summed E-state index contributed by atoms with van der Waals surface area (Å²) in [6, 6.07) is 8.35. The van der Waals surface area contributed by atoms with E-state index >= 15 is 0 Å². The van der Waals surface area contributed by atoms with E-state index in [2.05, 4.69) is 53.0 Å². The molecule has 0 saturated carbocycles. The van der Waals surface area contributed by atoms with E-state index in [1.54, 1.807) is 18.2 Å². The van der Waals surface area contributed by atoms with E-state index in [9.17, 15) is 9.50 Å². The second-order valence-corrected chi connectivity index (χ2v) is 13.0. The van der Waals surface area contributed by atoms with E-state index in [4.69, 9.17) is 0 Å². The molecule has 0 aromatic heterocycles. The molecule has 2 aromatic carbocycles. The molecule has 0 aliphatic heterocycles. The number of benzene rings is 2. The van der Waals surface area contributed by atoms with Crippen LogP contribution >= 0.6 is 0 Å². The number of halogens is 1. The highest BCUT2D eigenvalue weighted by Crippen LogP contribution is 2.41. The van der Waals surface area contributed by atoms with Crippen molar-refractivity contribution in [1.82, 2.24) is 0 Å². The Morgan fingerprint density at radius 1 is 0.917 bits per heavy atom. The summed E-state index contributed by atoms with van der Waals surface area (Å²) >= 11 is 0. The lowest BCUT2D eigenvalue weighted by atomic mass is 10.0. The topological polar surface area (TPSA) is 20.2 Å². The Labute approximate surface area is 145 Å². The average Bonchev–Trinajstić information content (AvgIpc) is 2.49. The van der Waals surface area contributed by atoms with Crippen LogP contribution in [0.15, 0.2) is 30.3 Å². The van der Waals surface area contributed by atoms with Gasteiger partial charge in [-0.05, 0) is 34.1 Å². The van der Waals surface area contributed by atoms with Crippen LogP contribution in [0.1, 0.15) is 47.1 Å². The van der Waals surface area contributed by atoms with Gasteiger partial charge in [-0.15, -0.1) is 5.54 Å². The fourth-order valence-corrected chi connectivity index (χ4v) is 9.27. The Balaban J connectivity index is 2.74. The lowest BCUT2D eigenvalue weighted by Crippen LogP contribution is -2.43. The lowest BCUT2D eigenvalue weighted by Gasteiger charge is -2.38. The first-order valence-electron chi connectivity index (χ1n) is 8.65. The molecule has 0 atom stereocenters. The first-order valence-corrected chi connectivity index (χ1v) is 10.9. The number of hydrogen-bond donors (Lipinski definition) is 1. The van der Waals surface area contributed by atoms with Gasteiger partial charge in [0.15, 0.2) is 0 Å². The highest BCUT2D eigenvalue weighted by atomic mass is 28.3. The number of phenolic OH excluding ortho intramolecular Hbond substituents is 1. The van der Waals surface area contributed by atoms with Gasteiger partial charge in [0, 0.05) is 5.39 Å². The predicted molar refractivity (Wildman–Crippen MR) is 103 cm³/mol. The second kappa shape index (κ2) is 6.99. The zero-order chi connectivity index (χ0) is 18.1. The highest BCUT2D eigenvalue weighted by molar-refractivity contribution is 6.90. The molecule has 0 saturated heterocycles. The van der Waals surface area contributed by atoms with Gasteiger partial charge in [0.05, 0.1) is 5.56 Å². The van der Waals surface area contributed by atoms with Gasteiger partial charge in [-0.2, -0.15) is 0 Å². The summed E-state index contributed by atoms with van der Waals surface area (Å²) in [5, 5.41) is 11.5. The molecule has 128 valence electrons. The first kappa shape index (κ1) is 18.5. The predicted octanol–water partition coefficient (Wildman–Crippen LogP) is 6.25. The summed E-state index contributed by atoms with van der Waals surface area (Å²) in [6.45, 7) is 13.4. The first-order chi connectivity index (χ1) is 11.2. The molecular formula is C21H27FOSi. The van der Waals surface area contributed by atoms with Gasteiger partial charge in [-0.1, -0.05) is 65.7 Å². The standard InChI is InChI=1S/C21H27FOSi/c1-14(2)24(15(3)4,16(5)6)13-12-18-19(22)11-10-17-8-7-9-20(23)21(17)18/h7-11,14-16,23H,1-6H3. The highest BCUT2D eigenvalue weighted by Gasteiger charge is 2.41. The maximum absolute atomic E-state index is 14.5. The van der Waals surface area contributed by atoms with E-state index in [0.29, 0.717) is 27.6 Å². The number of fused-ring (bicyclic) bond motifs is 1. The zero-order valence-corrected chi connectivity index (χ0v) is 16.4. The summed E-state index contributed by atoms with van der Waals surface area (Å²) in [7, 11) is -1.95. The Hall–Kier alpha value is -1.79. The number of aromatic hydroxyl groups is 1. The third-order valence-corrected chi connectivity index (χ3v) is 11.5. The van der Waals surface area contributed by atoms with Gasteiger partial charge < -0.3 is 5.11 Å². The van der Waals surface area contributed by atoms with Gasteiger partial charge in [0.2, 0.25) is 0 Å². The summed E-state index contributed by atoms with van der Waals surface area (Å²) < 4.78 is 14.5. The smallest absolute Gasteiger partial charge is 0.146 e. The lowest BCUT2D eigenvalue weighted by molar-refractivity contribution is 0.481. The summed E-state index contributed by atoms with van der Waals surface area (Å²) in [4.78, 5) is 0. The van der Waals surface area contributed by atoms with Crippen LogP contribution in [-0.2, 0) is 0 Å². The number of rotatable bonds is 3. The summed E-state index contributed by atoms with van der Waals surface area (Å²) in [6.07, 6.45) is 0. The van der Waals surface area contributed by atoms with Crippen molar-refractivity contribution in [2.24, 2.45) is 0 Å². The van der Waals surface area contributed by atoms with Crippen LogP contribution in [0.25, 0.3) is 10.8 Å². The maximum Gasteiger partial charge on any atom is 0.146 e. The summed E-state index contributed by atoms with van der Waals surface area (Å²) in [5.74, 6) is 2.88. The molecule has 0 unspecified atom stereocenters. The molecular weight excluding hydrogens is 315 g/mol. The number of phenols is 1. The fourth-order valence-electron chi connectivity index (χ4n) is 4.06. The monoisotopic (exact) mass is 342 g/mol. The van der Waals surface area contributed by atoms with Crippen molar-refractivity contribution in [1.29, 1.82) is 0 Å². The Kier molecular flexibility index (Phi) is 5.40. The summed E-state index contributed by atoms with van der Waals surface area (Å²) in [5.41, 5.74) is 5.32. The molecule has 0 spiro atoms. The van der Waals surface area contributed by atoms with Crippen molar-refractivity contribution in [3.05, 3.63) is 41.7 Å². The van der Waals surface area contributed by atoms with Crippen LogP contribution in [0.2, 0.25) is 16.6 Å². The van der Waals surface area contributed by atoms with Gasteiger partial charge in [0.1, 0.15) is 19.6 Å². The molecule has 0 heterocycles. The normalized spacial score (nSPS) is 12.1. The van der Waals surface area contributed by atoms with Crippen molar-refractivity contribution in [2.45, 2.75) is 58.2 Å². The molecule has 24 heavy (non-hydrogen) atoms. The van der Waals surface area contributed by atoms with Crippen LogP contribution in [0.4, 0.5) is 4.39 Å². The van der Waals surface area contributed by atoms with Crippen molar-refractivity contribution >= 4 is 18.8 Å². The van der Waals surface area contributed by atoms with E-state index in [1.165, 1.54) is 6.07 Å². The van der Waals surface area contributed by atoms with Crippen molar-refractivity contribution in [3.63, 3.8) is 0 Å². The molecule has 0 bridgehead atoms. The second-order valence-electron chi connectivity index (χ2n) is 7.44. The van der Waals surface area contributed by atoms with E-state index in [1.807, 2.05) is 6.07 Å². The largest absolute Gasteiger partial charge is 0.507 e. The molecule has 2 rings (SSSR count). The zero-order valence-electron chi connectivity index (χ0n) is 15.4. The Morgan fingerprint density at radius 2 is 1.50 bits per heavy atom. The van der Waals surface area contributed by atoms with Crippen molar-refractivity contribution in [3.8, 4) is 17.2 Å². The Bertz CT molecular complexity index is 775. The van der Waals surface area contributed by atoms with Crippen molar-refractivity contribution in [2.75, 3.05) is 0 Å². The third-order valence-electron chi connectivity index (χ3n) is 5.24. The molecule has 0 aliphatic rings. The molecule has 1 nitrogen and oxygen atoms in total. The molecule has 2 aromatic rings. The van der Waals surface area contributed by atoms with Gasteiger partial charge >= 0.3 is 0 Å². The maximum atomic E-state index is 14.5. The van der Waals surface area contributed by atoms with Crippen LogP contribution < -0.4 is 0 Å². The third kappa shape index (κ3) is 3.08. The average molecular weight is 343 g/mol. The van der Waals surface area contributed by atoms with Crippen LogP contribution in [-0.4, -0.2) is 13.2 Å². The quantitative estimate of drug-likeness (QED) is 0.516. The molecule has 1 N–H and O–H groups in total. The SMILES string of the molecule is CC(C)[Si](C#Cc1c(F)ccc2cccc(O)c12)(C(C)C)C(C)C. The van der Waals surface area contributed by atoms with E-state index < -0.39 is 8.07 Å². The van der Waals surface area contributed by atoms with Crippen LogP contribution in [0, 0.1) is 17.3 Å². The van der Waals surface area contributed by atoms with Crippen molar-refractivity contribution < 1.29 is 9.50 Å². The van der Waals surface area contributed by atoms with Gasteiger partial charge in [-0.3, -0.25) is 0 Å². The fraction of sp³-hybridized carbons (Fsp3) is 0.429. The van der Waals surface area contributed by atoms with Crippen LogP contribution in [0.3, 0.4) is 0 Å². The number of hydrogen-bond acceptors (Lipinski definition) is 1. The molecule has 0 aliphatic carbocycles. The van der Waals surface area contributed by atoms with E-state index in [-0.39, 0.29) is 11.6 Å². The minimum absolute atomic E-state index is 0.0854. The molecule has 0 amide bonds. The van der Waals surface area contributed by atoms with E-state index in [0.717, 1.165) is 5.39 Å². The molecule has 0 fully saturated rings. The molecule has 3 heteroatoms. The van der Waals surface area contributed by atoms with Gasteiger partial charge in [0.25, 0.3) is 0 Å². The Morgan fingerprint density at radius 3 is 2.04 bits per heavy atom. The van der Waals surface area contributed by atoms with Gasteiger partial charge in [-0.25, -0.2) is 4.39 Å². The molecule has 0 radical (unpaired) electrons. The minimum Gasteiger partial charge on any atom is -0.507 e. The minimum atomic E-state index is -1.95. The van der Waals surface area contributed by atoms with Crippen LogP contribution in [0.5, 0.6) is 5.75 Å².